The van der Waals surface area contributed by atoms with Crippen molar-refractivity contribution >= 4 is 17.6 Å². The zero-order valence-corrected chi connectivity index (χ0v) is 15.2. The molecule has 2 aromatic rings. The number of benzene rings is 1. The second kappa shape index (κ2) is 6.36. The van der Waals surface area contributed by atoms with Gasteiger partial charge in [-0.05, 0) is 32.9 Å². The van der Waals surface area contributed by atoms with E-state index in [1.54, 1.807) is 27.8 Å². The number of nitrogens with two attached hydrogens (primary N) is 2. The Hall–Kier alpha value is -3.03. The summed E-state index contributed by atoms with van der Waals surface area (Å²) in [4.78, 5) is 26.3. The fraction of sp³-hybridized carbons (Fsp3) is 0.389. The third-order valence-corrected chi connectivity index (χ3v) is 4.16. The zero-order chi connectivity index (χ0) is 19.1. The maximum atomic E-state index is 12.5. The SMILES string of the molecule is CC(C)(C)NC(=O)N1CCn2nc(-c3cccc(N)c3)c(C(N)=O)c2C1. The number of carbonyl (C=O) groups excluding carboxylic acids is 2. The van der Waals surface area contributed by atoms with Gasteiger partial charge in [0.2, 0.25) is 0 Å². The number of nitrogens with zero attached hydrogens (tertiary/aromatic N) is 3. The third-order valence-electron chi connectivity index (χ3n) is 4.16. The molecule has 1 aliphatic rings. The number of anilines is 1. The smallest absolute Gasteiger partial charge is 0.318 e. The van der Waals surface area contributed by atoms with Gasteiger partial charge >= 0.3 is 6.03 Å². The maximum absolute atomic E-state index is 12.5. The average Bonchev–Trinajstić information content (AvgIpc) is 2.91. The zero-order valence-electron chi connectivity index (χ0n) is 15.2. The van der Waals surface area contributed by atoms with E-state index in [1.807, 2.05) is 26.8 Å². The quantitative estimate of drug-likeness (QED) is 0.707. The summed E-state index contributed by atoms with van der Waals surface area (Å²) >= 11 is 0. The van der Waals surface area contributed by atoms with Crippen LogP contribution in [-0.2, 0) is 13.1 Å². The number of rotatable bonds is 2. The van der Waals surface area contributed by atoms with E-state index in [9.17, 15) is 9.59 Å². The van der Waals surface area contributed by atoms with Gasteiger partial charge in [0, 0.05) is 23.3 Å². The van der Waals surface area contributed by atoms with Crippen molar-refractivity contribution in [1.29, 1.82) is 0 Å². The molecular weight excluding hydrogens is 332 g/mol. The summed E-state index contributed by atoms with van der Waals surface area (Å²) in [6.45, 7) is 7.04. The Bertz CT molecular complexity index is 865. The normalized spacial score (nSPS) is 14.0. The second-order valence-corrected chi connectivity index (χ2v) is 7.48. The van der Waals surface area contributed by atoms with Crippen molar-refractivity contribution in [2.45, 2.75) is 39.4 Å². The predicted molar refractivity (Wildman–Crippen MR) is 99.3 cm³/mol. The molecule has 0 saturated heterocycles. The molecule has 0 fully saturated rings. The molecule has 8 heteroatoms. The Balaban J connectivity index is 1.98. The fourth-order valence-electron chi connectivity index (χ4n) is 3.04. The molecule has 3 rings (SSSR count). The Morgan fingerprint density at radius 2 is 1.96 bits per heavy atom. The minimum atomic E-state index is -0.568. The molecule has 0 aliphatic carbocycles. The molecule has 0 atom stereocenters. The van der Waals surface area contributed by atoms with E-state index in [2.05, 4.69) is 10.4 Å². The van der Waals surface area contributed by atoms with Crippen LogP contribution in [0.4, 0.5) is 10.5 Å². The first-order chi connectivity index (χ1) is 12.2. The van der Waals surface area contributed by atoms with Gasteiger partial charge in [-0.3, -0.25) is 9.48 Å². The lowest BCUT2D eigenvalue weighted by Gasteiger charge is -2.31. The van der Waals surface area contributed by atoms with E-state index in [4.69, 9.17) is 11.5 Å². The van der Waals surface area contributed by atoms with Crippen molar-refractivity contribution in [3.63, 3.8) is 0 Å². The van der Waals surface area contributed by atoms with Gasteiger partial charge in [-0.25, -0.2) is 4.79 Å². The lowest BCUT2D eigenvalue weighted by Crippen LogP contribution is -2.50. The molecule has 26 heavy (non-hydrogen) atoms. The van der Waals surface area contributed by atoms with Gasteiger partial charge in [0.05, 0.1) is 24.3 Å². The topological polar surface area (TPSA) is 119 Å². The minimum absolute atomic E-state index is 0.175. The number of primary amides is 1. The Kier molecular flexibility index (Phi) is 4.35. The lowest BCUT2D eigenvalue weighted by atomic mass is 10.0. The second-order valence-electron chi connectivity index (χ2n) is 7.48. The highest BCUT2D eigenvalue weighted by Gasteiger charge is 2.30. The molecule has 3 amide bonds. The molecule has 0 spiro atoms. The van der Waals surface area contributed by atoms with E-state index in [0.717, 1.165) is 5.56 Å². The molecule has 0 saturated carbocycles. The summed E-state index contributed by atoms with van der Waals surface area (Å²) in [7, 11) is 0. The van der Waals surface area contributed by atoms with Gasteiger partial charge in [0.1, 0.15) is 5.69 Å². The number of nitrogen functional groups attached to an aromatic ring is 1. The van der Waals surface area contributed by atoms with E-state index in [0.29, 0.717) is 35.7 Å². The first kappa shape index (κ1) is 17.8. The summed E-state index contributed by atoms with van der Waals surface area (Å²) in [6.07, 6.45) is 0. The largest absolute Gasteiger partial charge is 0.399 e. The number of nitrogens with one attached hydrogen (secondary N) is 1. The van der Waals surface area contributed by atoms with Gasteiger partial charge in [0.15, 0.2) is 0 Å². The Morgan fingerprint density at radius 3 is 2.58 bits per heavy atom. The Labute approximate surface area is 152 Å². The van der Waals surface area contributed by atoms with Crippen LogP contribution < -0.4 is 16.8 Å². The molecule has 5 N–H and O–H groups in total. The number of aromatic nitrogens is 2. The molecule has 1 aromatic heterocycles. The van der Waals surface area contributed by atoms with E-state index < -0.39 is 5.91 Å². The molecule has 1 aliphatic heterocycles. The van der Waals surface area contributed by atoms with Crippen molar-refractivity contribution < 1.29 is 9.59 Å². The van der Waals surface area contributed by atoms with Crippen molar-refractivity contribution in [2.75, 3.05) is 12.3 Å². The summed E-state index contributed by atoms with van der Waals surface area (Å²) in [5, 5.41) is 7.49. The molecule has 0 unspecified atom stereocenters. The van der Waals surface area contributed by atoms with E-state index >= 15 is 0 Å². The predicted octanol–water partition coefficient (Wildman–Crippen LogP) is 1.55. The van der Waals surface area contributed by atoms with Crippen LogP contribution >= 0.6 is 0 Å². The number of fused-ring (bicyclic) bond motifs is 1. The molecule has 1 aromatic carbocycles. The van der Waals surface area contributed by atoms with Crippen LogP contribution in [0.1, 0.15) is 36.8 Å². The van der Waals surface area contributed by atoms with Gasteiger partial charge in [0.25, 0.3) is 5.91 Å². The number of hydrogen-bond donors (Lipinski definition) is 3. The number of hydrogen-bond acceptors (Lipinski definition) is 4. The summed E-state index contributed by atoms with van der Waals surface area (Å²) in [6, 6.07) is 6.98. The average molecular weight is 356 g/mol. The van der Waals surface area contributed by atoms with Crippen LogP contribution in [0.2, 0.25) is 0 Å². The lowest BCUT2D eigenvalue weighted by molar-refractivity contribution is 0.0997. The van der Waals surface area contributed by atoms with Crippen LogP contribution in [0.5, 0.6) is 0 Å². The molecule has 8 nitrogen and oxygen atoms in total. The summed E-state index contributed by atoms with van der Waals surface area (Å²) in [5.41, 5.74) is 13.9. The standard InChI is InChI=1S/C18H24N6O2/c1-18(2,3)21-17(26)23-7-8-24-13(10-23)14(16(20)25)15(22-24)11-5-4-6-12(19)9-11/h4-6,9H,7-8,10,19H2,1-3H3,(H2,20,25)(H,21,26). The highest BCUT2D eigenvalue weighted by Crippen LogP contribution is 2.29. The van der Waals surface area contributed by atoms with Crippen molar-refractivity contribution in [2.24, 2.45) is 5.73 Å². The maximum Gasteiger partial charge on any atom is 0.318 e. The van der Waals surface area contributed by atoms with Crippen LogP contribution in [0.25, 0.3) is 11.3 Å². The van der Waals surface area contributed by atoms with Crippen LogP contribution in [0.15, 0.2) is 24.3 Å². The highest BCUT2D eigenvalue weighted by molar-refractivity contribution is 6.00. The fourth-order valence-corrected chi connectivity index (χ4v) is 3.04. The van der Waals surface area contributed by atoms with Crippen LogP contribution in [0.3, 0.4) is 0 Å². The highest BCUT2D eigenvalue weighted by atomic mass is 16.2. The summed E-state index contributed by atoms with van der Waals surface area (Å²) < 4.78 is 1.75. The van der Waals surface area contributed by atoms with Crippen molar-refractivity contribution in [1.82, 2.24) is 20.0 Å². The van der Waals surface area contributed by atoms with E-state index in [-0.39, 0.29) is 18.1 Å². The third kappa shape index (κ3) is 3.49. The molecule has 138 valence electrons. The van der Waals surface area contributed by atoms with Crippen LogP contribution in [0, 0.1) is 0 Å². The van der Waals surface area contributed by atoms with Crippen molar-refractivity contribution in [3.8, 4) is 11.3 Å². The molecule has 0 bridgehead atoms. The molecular formula is C18H24N6O2. The number of carbonyl (C=O) groups is 2. The monoisotopic (exact) mass is 356 g/mol. The van der Waals surface area contributed by atoms with Gasteiger partial charge < -0.3 is 21.7 Å². The first-order valence-electron chi connectivity index (χ1n) is 8.48. The molecule has 2 heterocycles. The van der Waals surface area contributed by atoms with Gasteiger partial charge in [-0.15, -0.1) is 0 Å². The van der Waals surface area contributed by atoms with Crippen LogP contribution in [-0.4, -0.2) is 38.7 Å². The number of urea groups is 1. The van der Waals surface area contributed by atoms with Gasteiger partial charge in [-0.2, -0.15) is 5.10 Å². The van der Waals surface area contributed by atoms with Gasteiger partial charge in [-0.1, -0.05) is 12.1 Å². The van der Waals surface area contributed by atoms with Crippen molar-refractivity contribution in [3.05, 3.63) is 35.5 Å². The van der Waals surface area contributed by atoms with E-state index in [1.165, 1.54) is 0 Å². The number of amides is 3. The minimum Gasteiger partial charge on any atom is -0.399 e. The Morgan fingerprint density at radius 1 is 1.23 bits per heavy atom. The summed E-state index contributed by atoms with van der Waals surface area (Å²) in [5.74, 6) is -0.568. The first-order valence-corrected chi connectivity index (χ1v) is 8.48. The molecule has 0 radical (unpaired) electrons.